The fraction of sp³-hybridized carbons (Fsp3) is 0.385. The average Bonchev–Trinajstić information content (AvgIpc) is 2.77. The Hall–Kier alpha value is -1.84. The van der Waals surface area contributed by atoms with Crippen LogP contribution < -0.4 is 4.74 Å². The first-order chi connectivity index (χ1) is 8.19. The van der Waals surface area contributed by atoms with Crippen molar-refractivity contribution < 1.29 is 4.74 Å². The molecule has 0 saturated carbocycles. The second kappa shape index (κ2) is 4.99. The SMILES string of the molecule is CCc1nc(-c2cccc(OC(C)C)c2)n[nH]1. The molecular weight excluding hydrogens is 214 g/mol. The third-order valence-corrected chi connectivity index (χ3v) is 2.33. The zero-order valence-corrected chi connectivity index (χ0v) is 10.4. The molecule has 4 nitrogen and oxygen atoms in total. The van der Waals surface area contributed by atoms with Gasteiger partial charge in [0.2, 0.25) is 0 Å². The minimum absolute atomic E-state index is 0.170. The van der Waals surface area contributed by atoms with Gasteiger partial charge in [-0.2, -0.15) is 5.10 Å². The summed E-state index contributed by atoms with van der Waals surface area (Å²) < 4.78 is 5.64. The molecule has 0 spiro atoms. The van der Waals surface area contributed by atoms with Crippen molar-refractivity contribution in [2.24, 2.45) is 0 Å². The first-order valence-electron chi connectivity index (χ1n) is 5.87. The molecule has 0 bridgehead atoms. The summed E-state index contributed by atoms with van der Waals surface area (Å²) >= 11 is 0. The molecule has 4 heteroatoms. The first kappa shape index (κ1) is 11.6. The molecule has 0 fully saturated rings. The van der Waals surface area contributed by atoms with Gasteiger partial charge < -0.3 is 4.74 Å². The molecule has 17 heavy (non-hydrogen) atoms. The highest BCUT2D eigenvalue weighted by Crippen LogP contribution is 2.21. The number of aromatic amines is 1. The Morgan fingerprint density at radius 2 is 2.18 bits per heavy atom. The van der Waals surface area contributed by atoms with Crippen molar-refractivity contribution in [1.82, 2.24) is 15.2 Å². The number of nitrogens with zero attached hydrogens (tertiary/aromatic N) is 2. The van der Waals surface area contributed by atoms with Gasteiger partial charge >= 0.3 is 0 Å². The zero-order chi connectivity index (χ0) is 12.3. The van der Waals surface area contributed by atoms with E-state index < -0.39 is 0 Å². The molecule has 1 aromatic carbocycles. The summed E-state index contributed by atoms with van der Waals surface area (Å²) in [4.78, 5) is 4.40. The lowest BCUT2D eigenvalue weighted by Crippen LogP contribution is -2.05. The van der Waals surface area contributed by atoms with Crippen LogP contribution in [0.3, 0.4) is 0 Å². The Kier molecular flexibility index (Phi) is 3.42. The molecule has 1 N–H and O–H groups in total. The Balaban J connectivity index is 2.26. The summed E-state index contributed by atoms with van der Waals surface area (Å²) in [7, 11) is 0. The van der Waals surface area contributed by atoms with E-state index in [1.807, 2.05) is 45.0 Å². The van der Waals surface area contributed by atoms with Crippen LogP contribution in [0.15, 0.2) is 24.3 Å². The highest BCUT2D eigenvalue weighted by atomic mass is 16.5. The Labute approximate surface area is 101 Å². The number of H-pyrrole nitrogens is 1. The summed E-state index contributed by atoms with van der Waals surface area (Å²) in [5.74, 6) is 2.46. The lowest BCUT2D eigenvalue weighted by Gasteiger charge is -2.09. The number of hydrogen-bond acceptors (Lipinski definition) is 3. The minimum Gasteiger partial charge on any atom is -0.491 e. The van der Waals surface area contributed by atoms with E-state index >= 15 is 0 Å². The van der Waals surface area contributed by atoms with Gasteiger partial charge in [0.1, 0.15) is 11.6 Å². The summed E-state index contributed by atoms with van der Waals surface area (Å²) in [5.41, 5.74) is 0.971. The molecular formula is C13H17N3O. The van der Waals surface area contributed by atoms with Crippen LogP contribution in [0.25, 0.3) is 11.4 Å². The third kappa shape index (κ3) is 2.84. The van der Waals surface area contributed by atoms with E-state index in [1.165, 1.54) is 0 Å². The maximum absolute atomic E-state index is 5.64. The number of aryl methyl sites for hydroxylation is 1. The lowest BCUT2D eigenvalue weighted by molar-refractivity contribution is 0.242. The summed E-state index contributed by atoms with van der Waals surface area (Å²) in [6.45, 7) is 6.06. The maximum atomic E-state index is 5.64. The Morgan fingerprint density at radius 3 is 2.82 bits per heavy atom. The van der Waals surface area contributed by atoms with E-state index in [0.717, 1.165) is 29.4 Å². The smallest absolute Gasteiger partial charge is 0.181 e. The quantitative estimate of drug-likeness (QED) is 0.880. The van der Waals surface area contributed by atoms with E-state index in [4.69, 9.17) is 4.74 Å². The number of aromatic nitrogens is 3. The van der Waals surface area contributed by atoms with Crippen LogP contribution in [0.5, 0.6) is 5.75 Å². The monoisotopic (exact) mass is 231 g/mol. The second-order valence-electron chi connectivity index (χ2n) is 4.15. The predicted octanol–water partition coefficient (Wildman–Crippen LogP) is 2.82. The highest BCUT2D eigenvalue weighted by molar-refractivity contribution is 5.57. The van der Waals surface area contributed by atoms with Gasteiger partial charge in [-0.1, -0.05) is 19.1 Å². The minimum atomic E-state index is 0.170. The molecule has 0 saturated heterocycles. The number of hydrogen-bond donors (Lipinski definition) is 1. The number of ether oxygens (including phenoxy) is 1. The number of nitrogens with one attached hydrogen (secondary N) is 1. The molecule has 2 rings (SSSR count). The molecule has 0 aliphatic carbocycles. The van der Waals surface area contributed by atoms with Gasteiger partial charge in [0.05, 0.1) is 6.10 Å². The van der Waals surface area contributed by atoms with Gasteiger partial charge in [0.25, 0.3) is 0 Å². The predicted molar refractivity (Wildman–Crippen MR) is 67.0 cm³/mol. The standard InChI is InChI=1S/C13H17N3O/c1-4-12-14-13(16-15-12)10-6-5-7-11(8-10)17-9(2)3/h5-9H,4H2,1-3H3,(H,14,15,16). The molecule has 0 aliphatic heterocycles. The average molecular weight is 231 g/mol. The van der Waals surface area contributed by atoms with Crippen LogP contribution in [-0.2, 0) is 6.42 Å². The fourth-order valence-corrected chi connectivity index (χ4v) is 1.56. The van der Waals surface area contributed by atoms with E-state index in [1.54, 1.807) is 0 Å². The van der Waals surface area contributed by atoms with Crippen molar-refractivity contribution >= 4 is 0 Å². The third-order valence-electron chi connectivity index (χ3n) is 2.33. The van der Waals surface area contributed by atoms with E-state index in [2.05, 4.69) is 15.2 Å². The van der Waals surface area contributed by atoms with Crippen LogP contribution in [0.2, 0.25) is 0 Å². The van der Waals surface area contributed by atoms with Gasteiger partial charge in [-0.05, 0) is 26.0 Å². The van der Waals surface area contributed by atoms with Gasteiger partial charge in [0.15, 0.2) is 5.82 Å². The fourth-order valence-electron chi connectivity index (χ4n) is 1.56. The van der Waals surface area contributed by atoms with Crippen LogP contribution in [0.1, 0.15) is 26.6 Å². The summed E-state index contributed by atoms with van der Waals surface area (Å²) in [6, 6.07) is 7.84. The zero-order valence-electron chi connectivity index (χ0n) is 10.4. The van der Waals surface area contributed by atoms with Crippen LogP contribution in [-0.4, -0.2) is 21.3 Å². The van der Waals surface area contributed by atoms with Gasteiger partial charge in [-0.25, -0.2) is 4.98 Å². The van der Waals surface area contributed by atoms with Gasteiger partial charge in [-0.3, -0.25) is 5.10 Å². The molecule has 0 unspecified atom stereocenters. The second-order valence-corrected chi connectivity index (χ2v) is 4.15. The van der Waals surface area contributed by atoms with Crippen LogP contribution in [0.4, 0.5) is 0 Å². The van der Waals surface area contributed by atoms with Crippen LogP contribution in [0, 0.1) is 0 Å². The van der Waals surface area contributed by atoms with Crippen LogP contribution >= 0.6 is 0 Å². The van der Waals surface area contributed by atoms with Crippen molar-refractivity contribution in [2.45, 2.75) is 33.3 Å². The molecule has 0 aliphatic rings. The molecule has 0 radical (unpaired) electrons. The number of benzene rings is 1. The molecule has 90 valence electrons. The van der Waals surface area contributed by atoms with Crippen molar-refractivity contribution in [2.75, 3.05) is 0 Å². The van der Waals surface area contributed by atoms with E-state index in [9.17, 15) is 0 Å². The highest BCUT2D eigenvalue weighted by Gasteiger charge is 2.06. The van der Waals surface area contributed by atoms with Crippen molar-refractivity contribution in [3.8, 4) is 17.1 Å². The molecule has 1 aromatic heterocycles. The first-order valence-corrected chi connectivity index (χ1v) is 5.87. The maximum Gasteiger partial charge on any atom is 0.181 e. The Morgan fingerprint density at radius 1 is 1.35 bits per heavy atom. The summed E-state index contributed by atoms with van der Waals surface area (Å²) in [5, 5.41) is 7.10. The van der Waals surface area contributed by atoms with Gasteiger partial charge in [-0.15, -0.1) is 0 Å². The molecule has 0 amide bonds. The lowest BCUT2D eigenvalue weighted by atomic mass is 10.2. The normalized spacial score (nSPS) is 10.8. The van der Waals surface area contributed by atoms with E-state index in [0.29, 0.717) is 0 Å². The molecule has 2 aromatic rings. The molecule has 0 atom stereocenters. The molecule has 1 heterocycles. The Bertz CT molecular complexity index is 491. The topological polar surface area (TPSA) is 50.8 Å². The summed E-state index contributed by atoms with van der Waals surface area (Å²) in [6.07, 6.45) is 1.03. The largest absolute Gasteiger partial charge is 0.491 e. The van der Waals surface area contributed by atoms with Crippen molar-refractivity contribution in [3.05, 3.63) is 30.1 Å². The van der Waals surface area contributed by atoms with Crippen molar-refractivity contribution in [3.63, 3.8) is 0 Å². The van der Waals surface area contributed by atoms with Crippen molar-refractivity contribution in [1.29, 1.82) is 0 Å². The number of rotatable bonds is 4. The van der Waals surface area contributed by atoms with E-state index in [-0.39, 0.29) is 6.10 Å². The van der Waals surface area contributed by atoms with Gasteiger partial charge in [0, 0.05) is 12.0 Å².